The molecule has 1 N–H and O–H groups in total. The number of nitrogens with one attached hydrogen (secondary N) is 1. The van der Waals surface area contributed by atoms with Crippen molar-refractivity contribution in [2.45, 2.75) is 71.8 Å². The van der Waals surface area contributed by atoms with E-state index in [0.717, 1.165) is 70.0 Å². The molecule has 0 bridgehead atoms. The van der Waals surface area contributed by atoms with Gasteiger partial charge in [-0.2, -0.15) is 0 Å². The van der Waals surface area contributed by atoms with Gasteiger partial charge in [0.25, 0.3) is 0 Å². The summed E-state index contributed by atoms with van der Waals surface area (Å²) in [5, 5.41) is 3.10. The lowest BCUT2D eigenvalue weighted by molar-refractivity contribution is -0.125. The SMILES string of the molecule is CCC(CC)C(=O)NCCCCCc1nc2ccccc2n1CCCc1ccccc1. The Labute approximate surface area is 187 Å². The molecule has 0 aliphatic carbocycles. The summed E-state index contributed by atoms with van der Waals surface area (Å²) in [4.78, 5) is 17.0. The first-order valence-electron chi connectivity index (χ1n) is 12.0. The van der Waals surface area contributed by atoms with Crippen molar-refractivity contribution in [3.05, 3.63) is 66.0 Å². The van der Waals surface area contributed by atoms with Gasteiger partial charge in [-0.05, 0) is 56.2 Å². The number of hydrogen-bond donors (Lipinski definition) is 1. The quantitative estimate of drug-likeness (QED) is 0.349. The fourth-order valence-electron chi connectivity index (χ4n) is 4.25. The largest absolute Gasteiger partial charge is 0.356 e. The molecule has 3 aromatic rings. The van der Waals surface area contributed by atoms with E-state index in [1.165, 1.54) is 16.9 Å². The van der Waals surface area contributed by atoms with Gasteiger partial charge < -0.3 is 9.88 Å². The first-order chi connectivity index (χ1) is 15.2. The second-order valence-corrected chi connectivity index (χ2v) is 8.37. The number of nitrogens with zero attached hydrogens (tertiary/aromatic N) is 2. The average Bonchev–Trinajstić information content (AvgIpc) is 3.15. The Balaban J connectivity index is 1.49. The van der Waals surface area contributed by atoms with Gasteiger partial charge >= 0.3 is 0 Å². The van der Waals surface area contributed by atoms with Gasteiger partial charge in [0.1, 0.15) is 5.82 Å². The van der Waals surface area contributed by atoms with Gasteiger partial charge in [-0.15, -0.1) is 0 Å². The number of aryl methyl sites for hydroxylation is 3. The molecule has 1 heterocycles. The first-order valence-corrected chi connectivity index (χ1v) is 12.0. The molecule has 0 saturated carbocycles. The van der Waals surface area contributed by atoms with Crippen molar-refractivity contribution in [3.63, 3.8) is 0 Å². The molecule has 0 radical (unpaired) electrons. The molecule has 4 heteroatoms. The minimum Gasteiger partial charge on any atom is -0.356 e. The maximum atomic E-state index is 12.1. The number of carbonyl (C=O) groups excluding carboxylic acids is 1. The maximum Gasteiger partial charge on any atom is 0.223 e. The number of fused-ring (bicyclic) bond motifs is 1. The van der Waals surface area contributed by atoms with E-state index in [4.69, 9.17) is 4.98 Å². The van der Waals surface area contributed by atoms with Crippen LogP contribution in [0.3, 0.4) is 0 Å². The zero-order valence-electron chi connectivity index (χ0n) is 19.1. The van der Waals surface area contributed by atoms with Crippen LogP contribution in [0, 0.1) is 5.92 Å². The zero-order chi connectivity index (χ0) is 21.9. The van der Waals surface area contributed by atoms with E-state index in [9.17, 15) is 4.79 Å². The van der Waals surface area contributed by atoms with Gasteiger partial charge in [-0.3, -0.25) is 4.79 Å². The molecule has 0 saturated heterocycles. The number of carbonyl (C=O) groups is 1. The third-order valence-electron chi connectivity index (χ3n) is 6.16. The third kappa shape index (κ3) is 6.68. The number of rotatable bonds is 13. The van der Waals surface area contributed by atoms with Crippen LogP contribution in [0.2, 0.25) is 0 Å². The van der Waals surface area contributed by atoms with Gasteiger partial charge in [0.15, 0.2) is 0 Å². The molecule has 0 unspecified atom stereocenters. The van der Waals surface area contributed by atoms with Crippen LogP contribution in [0.1, 0.15) is 63.8 Å². The molecule has 0 atom stereocenters. The van der Waals surface area contributed by atoms with Crippen LogP contribution in [0.25, 0.3) is 11.0 Å². The summed E-state index contributed by atoms with van der Waals surface area (Å²) < 4.78 is 2.41. The molecule has 0 fully saturated rings. The fraction of sp³-hybridized carbons (Fsp3) is 0.481. The van der Waals surface area contributed by atoms with Gasteiger partial charge in [-0.25, -0.2) is 4.98 Å². The highest BCUT2D eigenvalue weighted by Gasteiger charge is 2.13. The van der Waals surface area contributed by atoms with Crippen molar-refractivity contribution < 1.29 is 4.79 Å². The molecule has 1 amide bonds. The van der Waals surface area contributed by atoms with E-state index in [2.05, 4.69) is 78.3 Å². The predicted octanol–water partition coefficient (Wildman–Crippen LogP) is 5.93. The molecule has 0 aliphatic rings. The van der Waals surface area contributed by atoms with Crippen LogP contribution in [0.15, 0.2) is 54.6 Å². The van der Waals surface area contributed by atoms with Crippen LogP contribution in [-0.4, -0.2) is 22.0 Å². The van der Waals surface area contributed by atoms with Crippen LogP contribution < -0.4 is 5.32 Å². The Bertz CT molecular complexity index is 928. The van der Waals surface area contributed by atoms with Gasteiger partial charge in [-0.1, -0.05) is 62.7 Å². The van der Waals surface area contributed by atoms with E-state index in [1.54, 1.807) is 0 Å². The molecular weight excluding hydrogens is 382 g/mol. The minimum atomic E-state index is 0.163. The van der Waals surface area contributed by atoms with Gasteiger partial charge in [0, 0.05) is 25.4 Å². The Morgan fingerprint density at radius 3 is 2.42 bits per heavy atom. The van der Waals surface area contributed by atoms with Gasteiger partial charge in [0.05, 0.1) is 11.0 Å². The van der Waals surface area contributed by atoms with Crippen LogP contribution in [-0.2, 0) is 24.2 Å². The highest BCUT2D eigenvalue weighted by Crippen LogP contribution is 2.19. The summed E-state index contributed by atoms with van der Waals surface area (Å²) >= 11 is 0. The molecule has 0 spiro atoms. The van der Waals surface area contributed by atoms with Crippen molar-refractivity contribution >= 4 is 16.9 Å². The van der Waals surface area contributed by atoms with E-state index >= 15 is 0 Å². The maximum absolute atomic E-state index is 12.1. The summed E-state index contributed by atoms with van der Waals surface area (Å²) in [6, 6.07) is 19.2. The Morgan fingerprint density at radius 2 is 1.65 bits per heavy atom. The van der Waals surface area contributed by atoms with Crippen LogP contribution in [0.5, 0.6) is 0 Å². The highest BCUT2D eigenvalue weighted by molar-refractivity contribution is 5.78. The standard InChI is InChI=1S/C27H37N3O/c1-3-23(4-2)27(31)28-20-12-6-9-19-26-29-24-17-10-11-18-25(24)30(26)21-13-16-22-14-7-5-8-15-22/h5,7-8,10-11,14-15,17-18,23H,3-4,6,9,12-13,16,19-21H2,1-2H3,(H,28,31). The summed E-state index contributed by atoms with van der Waals surface area (Å²) in [6.07, 6.45) is 8.26. The monoisotopic (exact) mass is 419 g/mol. The second-order valence-electron chi connectivity index (χ2n) is 8.37. The average molecular weight is 420 g/mol. The lowest BCUT2D eigenvalue weighted by Gasteiger charge is -2.12. The number of hydrogen-bond acceptors (Lipinski definition) is 2. The van der Waals surface area contributed by atoms with Crippen molar-refractivity contribution in [2.75, 3.05) is 6.54 Å². The highest BCUT2D eigenvalue weighted by atomic mass is 16.1. The van der Waals surface area contributed by atoms with Gasteiger partial charge in [0.2, 0.25) is 5.91 Å². The molecule has 3 rings (SSSR count). The van der Waals surface area contributed by atoms with Crippen LogP contribution in [0.4, 0.5) is 0 Å². The molecule has 1 aromatic heterocycles. The lowest BCUT2D eigenvalue weighted by Crippen LogP contribution is -2.30. The number of amides is 1. The molecule has 2 aromatic carbocycles. The zero-order valence-corrected chi connectivity index (χ0v) is 19.1. The van der Waals surface area contributed by atoms with Crippen molar-refractivity contribution in [3.8, 4) is 0 Å². The minimum absolute atomic E-state index is 0.163. The summed E-state index contributed by atoms with van der Waals surface area (Å²) in [6.45, 7) is 5.94. The molecule has 4 nitrogen and oxygen atoms in total. The normalized spacial score (nSPS) is 11.3. The molecule has 31 heavy (non-hydrogen) atoms. The first kappa shape index (κ1) is 23.1. The molecule has 0 aliphatic heterocycles. The number of unbranched alkanes of at least 4 members (excludes halogenated alkanes) is 2. The third-order valence-corrected chi connectivity index (χ3v) is 6.16. The summed E-state index contributed by atoms with van der Waals surface area (Å²) in [7, 11) is 0. The van der Waals surface area contributed by atoms with E-state index in [-0.39, 0.29) is 11.8 Å². The van der Waals surface area contributed by atoms with Crippen molar-refractivity contribution in [1.82, 2.24) is 14.9 Å². The Morgan fingerprint density at radius 1 is 0.903 bits per heavy atom. The smallest absolute Gasteiger partial charge is 0.223 e. The second kappa shape index (κ2) is 12.3. The van der Waals surface area contributed by atoms with E-state index in [1.807, 2.05) is 0 Å². The van der Waals surface area contributed by atoms with Crippen molar-refractivity contribution in [2.24, 2.45) is 5.92 Å². The number of imidazole rings is 1. The Kier molecular flexibility index (Phi) is 9.14. The summed E-state index contributed by atoms with van der Waals surface area (Å²) in [5.41, 5.74) is 3.72. The Hall–Kier alpha value is -2.62. The summed E-state index contributed by atoms with van der Waals surface area (Å²) in [5.74, 6) is 1.57. The molecular formula is C27H37N3O. The van der Waals surface area contributed by atoms with Crippen LogP contribution >= 0.6 is 0 Å². The number of aromatic nitrogens is 2. The molecule has 166 valence electrons. The topological polar surface area (TPSA) is 46.9 Å². The van der Waals surface area contributed by atoms with E-state index < -0.39 is 0 Å². The predicted molar refractivity (Wildman–Crippen MR) is 129 cm³/mol. The van der Waals surface area contributed by atoms with Crippen molar-refractivity contribution in [1.29, 1.82) is 0 Å². The van der Waals surface area contributed by atoms with E-state index in [0.29, 0.717) is 0 Å². The number of para-hydroxylation sites is 2. The number of benzene rings is 2. The lowest BCUT2D eigenvalue weighted by atomic mass is 10.0. The fourth-order valence-corrected chi connectivity index (χ4v) is 4.25.